The van der Waals surface area contributed by atoms with Crippen LogP contribution in [0.25, 0.3) is 0 Å². The third-order valence-corrected chi connectivity index (χ3v) is 1.27. The van der Waals surface area contributed by atoms with Gasteiger partial charge in [0.2, 0.25) is 0 Å². The van der Waals surface area contributed by atoms with E-state index in [1.54, 1.807) is 0 Å². The van der Waals surface area contributed by atoms with E-state index in [1.807, 2.05) is 32.3 Å². The molecule has 0 aliphatic rings. The highest BCUT2D eigenvalue weighted by atomic mass is 27.0. The van der Waals surface area contributed by atoms with Crippen LogP contribution >= 0.6 is 0 Å². The van der Waals surface area contributed by atoms with Crippen LogP contribution in [0.4, 0.5) is 5.69 Å². The van der Waals surface area contributed by atoms with E-state index in [4.69, 9.17) is 0 Å². The highest BCUT2D eigenvalue weighted by Gasteiger charge is 1.87. The lowest BCUT2D eigenvalue weighted by molar-refractivity contribution is 1.13. The smallest absolute Gasteiger partial charge is 0.0360 e. The van der Waals surface area contributed by atoms with Crippen molar-refractivity contribution in [2.75, 3.05) is 19.0 Å². The summed E-state index contributed by atoms with van der Waals surface area (Å²) >= 11 is 0. The molecule has 3 radical (unpaired) electrons. The highest BCUT2D eigenvalue weighted by Crippen LogP contribution is 2.07. The summed E-state index contributed by atoms with van der Waals surface area (Å²) < 4.78 is 0. The first kappa shape index (κ1) is 9.55. The Morgan fingerprint density at radius 1 is 1.00 bits per heavy atom. The maximum atomic E-state index is 2.08. The van der Waals surface area contributed by atoms with Gasteiger partial charge in [0.05, 0.1) is 0 Å². The predicted molar refractivity (Wildman–Crippen MR) is 46.5 cm³/mol. The van der Waals surface area contributed by atoms with Crippen LogP contribution in [0.5, 0.6) is 0 Å². The zero-order chi connectivity index (χ0) is 6.69. The average Bonchev–Trinajstić information content (AvgIpc) is 1.90. The van der Waals surface area contributed by atoms with Crippen LogP contribution in [0.2, 0.25) is 0 Å². The first-order valence-corrected chi connectivity index (χ1v) is 3.03. The summed E-state index contributed by atoms with van der Waals surface area (Å²) in [7, 11) is 4.07. The van der Waals surface area contributed by atoms with Crippen LogP contribution in [0.15, 0.2) is 30.3 Å². The van der Waals surface area contributed by atoms with Crippen molar-refractivity contribution in [3.63, 3.8) is 0 Å². The van der Waals surface area contributed by atoms with Gasteiger partial charge in [-0.2, -0.15) is 0 Å². The molecule has 0 atom stereocenters. The Kier molecular flexibility index (Phi) is 4.18. The van der Waals surface area contributed by atoms with E-state index >= 15 is 0 Å². The van der Waals surface area contributed by atoms with Gasteiger partial charge < -0.3 is 4.90 Å². The van der Waals surface area contributed by atoms with Gasteiger partial charge in [-0.15, -0.1) is 0 Å². The molecule has 0 N–H and O–H groups in total. The van der Waals surface area contributed by atoms with Crippen LogP contribution in [0.1, 0.15) is 0 Å². The van der Waals surface area contributed by atoms with Gasteiger partial charge in [0.25, 0.3) is 0 Å². The fourth-order valence-corrected chi connectivity index (χ4v) is 0.726. The second kappa shape index (κ2) is 4.38. The summed E-state index contributed by atoms with van der Waals surface area (Å²) in [6.45, 7) is 0. The van der Waals surface area contributed by atoms with Crippen molar-refractivity contribution < 1.29 is 0 Å². The molecule has 0 unspecified atom stereocenters. The Bertz CT molecular complexity index is 172. The van der Waals surface area contributed by atoms with Gasteiger partial charge in [0.15, 0.2) is 0 Å². The number of hydrogen-bond donors (Lipinski definition) is 0. The Hall–Kier alpha value is -0.448. The number of benzene rings is 1. The maximum absolute atomic E-state index is 2.08. The molecule has 51 valence electrons. The quantitative estimate of drug-likeness (QED) is 0.544. The number of anilines is 1. The number of nitrogens with zero attached hydrogens (tertiary/aromatic N) is 1. The lowest BCUT2D eigenvalue weighted by atomic mass is 10.3. The molecule has 1 rings (SSSR count). The zero-order valence-corrected chi connectivity index (χ0v) is 7.57. The lowest BCUT2D eigenvalue weighted by Gasteiger charge is -2.10. The average molecular weight is 148 g/mol. The van der Waals surface area contributed by atoms with Crippen molar-refractivity contribution >= 4 is 23.0 Å². The molecule has 0 saturated heterocycles. The predicted octanol–water partition coefficient (Wildman–Crippen LogP) is 1.37. The van der Waals surface area contributed by atoms with E-state index in [-0.39, 0.29) is 17.4 Å². The van der Waals surface area contributed by atoms with Gasteiger partial charge in [0, 0.05) is 37.1 Å². The van der Waals surface area contributed by atoms with Crippen molar-refractivity contribution in [3.05, 3.63) is 30.3 Å². The molecule has 0 saturated carbocycles. The summed E-state index contributed by atoms with van der Waals surface area (Å²) in [5, 5.41) is 0. The van der Waals surface area contributed by atoms with Crippen molar-refractivity contribution in [1.82, 2.24) is 0 Å². The third kappa shape index (κ3) is 2.43. The Labute approximate surface area is 72.8 Å². The SMILES string of the molecule is CN(C)c1ccccc1.[Al]. The standard InChI is InChI=1S/C8H11N.Al/c1-9(2)8-6-4-3-5-7-8;/h3-7H,1-2H3;. The van der Waals surface area contributed by atoms with Gasteiger partial charge in [-0.3, -0.25) is 0 Å². The Morgan fingerprint density at radius 3 is 1.80 bits per heavy atom. The Morgan fingerprint density at radius 2 is 1.50 bits per heavy atom. The summed E-state index contributed by atoms with van der Waals surface area (Å²) in [4.78, 5) is 2.08. The minimum Gasteiger partial charge on any atom is -0.378 e. The van der Waals surface area contributed by atoms with Gasteiger partial charge in [-0.25, -0.2) is 0 Å². The van der Waals surface area contributed by atoms with Crippen LogP contribution in [0, 0.1) is 0 Å². The minimum atomic E-state index is 0. The molecule has 1 aromatic rings. The molecule has 0 bridgehead atoms. The Balaban J connectivity index is 0.000000810. The van der Waals surface area contributed by atoms with Crippen molar-refractivity contribution in [2.24, 2.45) is 0 Å². The molecule has 0 amide bonds. The molecule has 0 aromatic heterocycles. The fourth-order valence-electron chi connectivity index (χ4n) is 0.726. The first-order valence-electron chi connectivity index (χ1n) is 3.03. The van der Waals surface area contributed by atoms with E-state index in [1.165, 1.54) is 5.69 Å². The third-order valence-electron chi connectivity index (χ3n) is 1.27. The zero-order valence-electron chi connectivity index (χ0n) is 6.41. The normalized spacial score (nSPS) is 8.20. The van der Waals surface area contributed by atoms with Crippen molar-refractivity contribution in [2.45, 2.75) is 0 Å². The van der Waals surface area contributed by atoms with Crippen LogP contribution in [0.3, 0.4) is 0 Å². The van der Waals surface area contributed by atoms with E-state index in [0.717, 1.165) is 0 Å². The molecule has 10 heavy (non-hydrogen) atoms. The maximum Gasteiger partial charge on any atom is 0.0360 e. The van der Waals surface area contributed by atoms with Gasteiger partial charge in [-0.1, -0.05) is 18.2 Å². The number of rotatable bonds is 1. The number of para-hydroxylation sites is 1. The molecule has 0 aliphatic carbocycles. The molecular formula is C8H11AlN. The number of hydrogen-bond acceptors (Lipinski definition) is 1. The van der Waals surface area contributed by atoms with Crippen molar-refractivity contribution in [3.8, 4) is 0 Å². The topological polar surface area (TPSA) is 3.24 Å². The molecular weight excluding hydrogens is 137 g/mol. The fraction of sp³-hybridized carbons (Fsp3) is 0.250. The highest BCUT2D eigenvalue weighted by molar-refractivity contribution is 5.75. The molecule has 1 nitrogen and oxygen atoms in total. The molecule has 1 aromatic carbocycles. The largest absolute Gasteiger partial charge is 0.378 e. The minimum absolute atomic E-state index is 0. The monoisotopic (exact) mass is 148 g/mol. The second-order valence-electron chi connectivity index (χ2n) is 2.23. The van der Waals surface area contributed by atoms with Crippen LogP contribution in [-0.4, -0.2) is 31.5 Å². The van der Waals surface area contributed by atoms with E-state index < -0.39 is 0 Å². The van der Waals surface area contributed by atoms with Gasteiger partial charge in [-0.05, 0) is 12.1 Å². The second-order valence-corrected chi connectivity index (χ2v) is 2.23. The first-order chi connectivity index (χ1) is 4.30. The molecule has 0 heterocycles. The van der Waals surface area contributed by atoms with Gasteiger partial charge >= 0.3 is 0 Å². The van der Waals surface area contributed by atoms with Crippen LogP contribution < -0.4 is 4.90 Å². The van der Waals surface area contributed by atoms with E-state index in [9.17, 15) is 0 Å². The molecule has 0 aliphatic heterocycles. The molecule has 0 spiro atoms. The summed E-state index contributed by atoms with van der Waals surface area (Å²) in [6, 6.07) is 10.3. The summed E-state index contributed by atoms with van der Waals surface area (Å²) in [6.07, 6.45) is 0. The molecule has 0 fully saturated rings. The summed E-state index contributed by atoms with van der Waals surface area (Å²) in [5.41, 5.74) is 1.25. The summed E-state index contributed by atoms with van der Waals surface area (Å²) in [5.74, 6) is 0. The van der Waals surface area contributed by atoms with E-state index in [2.05, 4.69) is 17.0 Å². The van der Waals surface area contributed by atoms with Crippen molar-refractivity contribution in [1.29, 1.82) is 0 Å². The molecule has 2 heteroatoms. The van der Waals surface area contributed by atoms with Gasteiger partial charge in [0.1, 0.15) is 0 Å². The van der Waals surface area contributed by atoms with E-state index in [0.29, 0.717) is 0 Å². The lowest BCUT2D eigenvalue weighted by Crippen LogP contribution is -2.07. The van der Waals surface area contributed by atoms with Crippen LogP contribution in [-0.2, 0) is 0 Å².